The molecule has 0 unspecified atom stereocenters. The smallest absolute Gasteiger partial charge is 0.169 e. The van der Waals surface area contributed by atoms with Gasteiger partial charge in [-0.15, -0.1) is 12.4 Å². The average Bonchev–Trinajstić information content (AvgIpc) is 2.41. The highest BCUT2D eigenvalue weighted by atomic mass is 35.5. The molecule has 0 atom stereocenters. The Labute approximate surface area is 122 Å². The maximum atomic E-state index is 13.8. The highest BCUT2D eigenvalue weighted by Crippen LogP contribution is 2.32. The van der Waals surface area contributed by atoms with Gasteiger partial charge in [-0.1, -0.05) is 12.1 Å². The van der Waals surface area contributed by atoms with Crippen molar-refractivity contribution in [3.8, 4) is 17.2 Å². The van der Waals surface area contributed by atoms with Crippen LogP contribution >= 0.6 is 12.4 Å². The van der Waals surface area contributed by atoms with Crippen molar-refractivity contribution in [1.82, 2.24) is 0 Å². The van der Waals surface area contributed by atoms with Crippen molar-refractivity contribution in [3.63, 3.8) is 0 Å². The fraction of sp³-hybridized carbons (Fsp3) is 0.0714. The molecule has 0 saturated carbocycles. The maximum Gasteiger partial charge on any atom is 0.169 e. The third-order valence-electron chi connectivity index (χ3n) is 2.53. The predicted octanol–water partition coefficient (Wildman–Crippen LogP) is 3.33. The van der Waals surface area contributed by atoms with Crippen LogP contribution in [-0.2, 0) is 0 Å². The van der Waals surface area contributed by atoms with Crippen molar-refractivity contribution in [3.05, 3.63) is 53.8 Å². The highest BCUT2D eigenvalue weighted by molar-refractivity contribution is 5.95. The Morgan fingerprint density at radius 2 is 1.75 bits per heavy atom. The van der Waals surface area contributed by atoms with E-state index in [1.54, 1.807) is 24.3 Å². The molecule has 2 aromatic carbocycles. The summed E-state index contributed by atoms with van der Waals surface area (Å²) in [6, 6.07) is 11.1. The molecule has 2 rings (SSSR count). The summed E-state index contributed by atoms with van der Waals surface area (Å²) < 4.78 is 24.4. The zero-order valence-corrected chi connectivity index (χ0v) is 11.5. The van der Waals surface area contributed by atoms with Gasteiger partial charge in [0.25, 0.3) is 0 Å². The molecule has 0 aromatic heterocycles. The van der Waals surface area contributed by atoms with Gasteiger partial charge in [0.1, 0.15) is 5.84 Å². The molecule has 0 heterocycles. The molecule has 4 nitrogen and oxygen atoms in total. The zero-order chi connectivity index (χ0) is 13.8. The summed E-state index contributed by atoms with van der Waals surface area (Å²) in [5, 5.41) is 7.24. The molecule has 3 N–H and O–H groups in total. The minimum absolute atomic E-state index is 0. The Balaban J connectivity index is 0.00000200. The molecule has 0 radical (unpaired) electrons. The number of para-hydroxylation sites is 2. The van der Waals surface area contributed by atoms with Crippen LogP contribution in [0.15, 0.2) is 42.5 Å². The first-order valence-corrected chi connectivity index (χ1v) is 5.56. The normalized spacial score (nSPS) is 9.50. The van der Waals surface area contributed by atoms with E-state index in [4.69, 9.17) is 20.6 Å². The third-order valence-corrected chi connectivity index (χ3v) is 2.53. The molecule has 0 aliphatic heterocycles. The summed E-state index contributed by atoms with van der Waals surface area (Å²) in [6.07, 6.45) is 0. The van der Waals surface area contributed by atoms with Crippen LogP contribution in [0, 0.1) is 11.2 Å². The summed E-state index contributed by atoms with van der Waals surface area (Å²) >= 11 is 0. The van der Waals surface area contributed by atoms with Crippen LogP contribution in [0.2, 0.25) is 0 Å². The number of nitrogens with two attached hydrogens (primary N) is 1. The van der Waals surface area contributed by atoms with E-state index in [9.17, 15) is 4.39 Å². The lowest BCUT2D eigenvalue weighted by Gasteiger charge is -2.11. The molecular formula is C14H14ClFN2O2. The number of rotatable bonds is 4. The van der Waals surface area contributed by atoms with Crippen LogP contribution in [0.4, 0.5) is 4.39 Å². The van der Waals surface area contributed by atoms with Gasteiger partial charge in [0.2, 0.25) is 0 Å². The predicted molar refractivity (Wildman–Crippen MR) is 77.7 cm³/mol. The van der Waals surface area contributed by atoms with E-state index in [2.05, 4.69) is 0 Å². The van der Waals surface area contributed by atoms with Crippen molar-refractivity contribution in [2.24, 2.45) is 5.73 Å². The Kier molecular flexibility index (Phi) is 5.34. The summed E-state index contributed by atoms with van der Waals surface area (Å²) in [6.45, 7) is 0. The van der Waals surface area contributed by atoms with E-state index in [-0.39, 0.29) is 24.0 Å². The van der Waals surface area contributed by atoms with Crippen LogP contribution in [0.25, 0.3) is 0 Å². The Morgan fingerprint density at radius 3 is 2.30 bits per heavy atom. The Morgan fingerprint density at radius 1 is 1.10 bits per heavy atom. The molecule has 106 valence electrons. The van der Waals surface area contributed by atoms with E-state index >= 15 is 0 Å². The van der Waals surface area contributed by atoms with E-state index in [0.29, 0.717) is 17.1 Å². The largest absolute Gasteiger partial charge is 0.493 e. The van der Waals surface area contributed by atoms with Gasteiger partial charge in [0.05, 0.1) is 7.11 Å². The minimum atomic E-state index is -0.585. The monoisotopic (exact) mass is 296 g/mol. The lowest BCUT2D eigenvalue weighted by atomic mass is 10.2. The highest BCUT2D eigenvalue weighted by Gasteiger charge is 2.10. The van der Waals surface area contributed by atoms with Gasteiger partial charge in [0.15, 0.2) is 23.1 Å². The van der Waals surface area contributed by atoms with Gasteiger partial charge in [-0.25, -0.2) is 4.39 Å². The van der Waals surface area contributed by atoms with E-state index in [0.717, 1.165) is 6.07 Å². The number of hydrogen-bond acceptors (Lipinski definition) is 3. The fourth-order valence-corrected chi connectivity index (χ4v) is 1.57. The second kappa shape index (κ2) is 6.77. The molecule has 0 bridgehead atoms. The molecule has 0 amide bonds. The van der Waals surface area contributed by atoms with Crippen LogP contribution < -0.4 is 15.2 Å². The van der Waals surface area contributed by atoms with Crippen molar-refractivity contribution >= 4 is 18.2 Å². The third kappa shape index (κ3) is 3.39. The number of methoxy groups -OCH3 is 1. The van der Waals surface area contributed by atoms with E-state index < -0.39 is 5.82 Å². The van der Waals surface area contributed by atoms with Gasteiger partial charge in [-0.2, -0.15) is 0 Å². The molecule has 0 aliphatic rings. The van der Waals surface area contributed by atoms with Crippen LogP contribution in [-0.4, -0.2) is 12.9 Å². The summed E-state index contributed by atoms with van der Waals surface area (Å²) in [4.78, 5) is 0. The molecule has 0 saturated heterocycles. The minimum Gasteiger partial charge on any atom is -0.493 e. The van der Waals surface area contributed by atoms with Gasteiger partial charge >= 0.3 is 0 Å². The summed E-state index contributed by atoms with van der Waals surface area (Å²) in [5.74, 6) is 0.202. The molecule has 0 spiro atoms. The number of ether oxygens (including phenoxy) is 2. The first-order chi connectivity index (χ1) is 9.11. The van der Waals surface area contributed by atoms with Gasteiger partial charge in [0, 0.05) is 5.56 Å². The van der Waals surface area contributed by atoms with E-state index in [1.165, 1.54) is 19.2 Å². The lowest BCUT2D eigenvalue weighted by Crippen LogP contribution is -2.11. The molecule has 2 aromatic rings. The number of nitrogens with one attached hydrogen (secondary N) is 1. The van der Waals surface area contributed by atoms with Crippen LogP contribution in [0.5, 0.6) is 17.2 Å². The number of amidine groups is 1. The summed E-state index contributed by atoms with van der Waals surface area (Å²) in [7, 11) is 1.51. The number of benzene rings is 2. The van der Waals surface area contributed by atoms with Crippen molar-refractivity contribution in [2.45, 2.75) is 0 Å². The molecule has 20 heavy (non-hydrogen) atoms. The molecule has 0 aliphatic carbocycles. The lowest BCUT2D eigenvalue weighted by molar-refractivity contribution is 0.371. The maximum absolute atomic E-state index is 13.8. The Hall–Kier alpha value is -2.27. The van der Waals surface area contributed by atoms with Crippen molar-refractivity contribution in [2.75, 3.05) is 7.11 Å². The number of nitrogen functional groups attached to an aromatic ring is 1. The topological polar surface area (TPSA) is 68.3 Å². The van der Waals surface area contributed by atoms with Crippen LogP contribution in [0.3, 0.4) is 0 Å². The quantitative estimate of drug-likeness (QED) is 0.671. The number of hydrogen-bond donors (Lipinski definition) is 2. The summed E-state index contributed by atoms with van der Waals surface area (Å²) in [5.41, 5.74) is 5.60. The Bertz CT molecular complexity index is 620. The van der Waals surface area contributed by atoms with Crippen LogP contribution in [0.1, 0.15) is 5.56 Å². The second-order valence-electron chi connectivity index (χ2n) is 3.81. The van der Waals surface area contributed by atoms with E-state index in [1.807, 2.05) is 0 Å². The SMILES string of the molecule is COc1ccccc1Oc1ccc(C(=N)N)cc1F.Cl. The molecule has 0 fully saturated rings. The molecule has 6 heteroatoms. The molecular weight excluding hydrogens is 283 g/mol. The zero-order valence-electron chi connectivity index (χ0n) is 10.7. The van der Waals surface area contributed by atoms with Gasteiger partial charge < -0.3 is 15.2 Å². The second-order valence-corrected chi connectivity index (χ2v) is 3.81. The van der Waals surface area contributed by atoms with Crippen molar-refractivity contribution < 1.29 is 13.9 Å². The van der Waals surface area contributed by atoms with Crippen molar-refractivity contribution in [1.29, 1.82) is 5.41 Å². The van der Waals surface area contributed by atoms with Gasteiger partial charge in [-0.05, 0) is 30.3 Å². The first-order valence-electron chi connectivity index (χ1n) is 5.56. The fourth-order valence-electron chi connectivity index (χ4n) is 1.57. The first kappa shape index (κ1) is 15.8. The van der Waals surface area contributed by atoms with Gasteiger partial charge in [-0.3, -0.25) is 5.41 Å². The number of halogens is 2. The standard InChI is InChI=1S/C14H13FN2O2.ClH/c1-18-12-4-2-3-5-13(12)19-11-7-6-9(14(16)17)8-10(11)15;/h2-8H,1H3,(H3,16,17);1H. The average molecular weight is 297 g/mol.